The molecule has 6 nitrogen and oxygen atoms in total. The topological polar surface area (TPSA) is 62.2 Å². The summed E-state index contributed by atoms with van der Waals surface area (Å²) in [4.78, 5) is 17.9. The van der Waals surface area contributed by atoms with Crippen molar-refractivity contribution >= 4 is 11.4 Å². The van der Waals surface area contributed by atoms with Gasteiger partial charge in [-0.3, -0.25) is 9.69 Å². The lowest BCUT2D eigenvalue weighted by molar-refractivity contribution is -0.121. The fraction of sp³-hybridized carbons (Fsp3) is 0.400. The molecule has 6 heteroatoms. The zero-order valence-corrected chi connectivity index (χ0v) is 18.8. The third kappa shape index (κ3) is 5.27. The van der Waals surface area contributed by atoms with E-state index in [0.29, 0.717) is 22.6 Å². The van der Waals surface area contributed by atoms with Gasteiger partial charge in [0, 0.05) is 31.8 Å². The maximum atomic E-state index is 13.4. The summed E-state index contributed by atoms with van der Waals surface area (Å²) in [6.45, 7) is 5.68. The van der Waals surface area contributed by atoms with Crippen molar-refractivity contribution in [1.82, 2.24) is 9.80 Å². The Kier molecular flexibility index (Phi) is 7.71. The molecule has 31 heavy (non-hydrogen) atoms. The van der Waals surface area contributed by atoms with E-state index in [0.717, 1.165) is 50.0 Å². The number of hydrogen-bond donors (Lipinski definition) is 1. The number of ketones is 1. The molecule has 0 radical (unpaired) electrons. The van der Waals surface area contributed by atoms with Crippen LogP contribution in [-0.2, 0) is 4.79 Å². The van der Waals surface area contributed by atoms with Crippen LogP contribution >= 0.6 is 0 Å². The number of carbonyl (C=O) groups is 1. The van der Waals surface area contributed by atoms with Crippen molar-refractivity contribution < 1.29 is 19.4 Å². The maximum absolute atomic E-state index is 13.4. The summed E-state index contributed by atoms with van der Waals surface area (Å²) in [5.74, 6) is 1.41. The van der Waals surface area contributed by atoms with Gasteiger partial charge in [-0.05, 0) is 55.3 Å². The number of nitrogens with zero attached hydrogens (tertiary/aromatic N) is 2. The Hall–Kier alpha value is -2.83. The van der Waals surface area contributed by atoms with Crippen LogP contribution in [0.1, 0.15) is 18.9 Å². The first-order chi connectivity index (χ1) is 15.0. The SMILES string of the molecule is COc1ccc(/C(C)=C/C(C=CO)=C2C=CCC(N3CCN(C)CC3)C2=O)cc1OC. The van der Waals surface area contributed by atoms with Crippen molar-refractivity contribution in [3.63, 3.8) is 0 Å². The molecule has 1 aliphatic carbocycles. The van der Waals surface area contributed by atoms with Crippen molar-refractivity contribution in [2.24, 2.45) is 0 Å². The van der Waals surface area contributed by atoms with Gasteiger partial charge >= 0.3 is 0 Å². The number of aliphatic hydroxyl groups is 1. The lowest BCUT2D eigenvalue weighted by Gasteiger charge is -2.38. The number of methoxy groups -OCH3 is 2. The third-order valence-corrected chi connectivity index (χ3v) is 5.97. The van der Waals surface area contributed by atoms with E-state index in [1.165, 1.54) is 0 Å². The summed E-state index contributed by atoms with van der Waals surface area (Å²) in [6, 6.07) is 5.56. The van der Waals surface area contributed by atoms with Crippen molar-refractivity contribution in [2.45, 2.75) is 19.4 Å². The Morgan fingerprint density at radius 2 is 1.84 bits per heavy atom. The molecule has 1 fully saturated rings. The highest BCUT2D eigenvalue weighted by atomic mass is 16.5. The number of allylic oxidation sites excluding steroid dienone is 5. The van der Waals surface area contributed by atoms with Gasteiger partial charge in [-0.25, -0.2) is 0 Å². The Bertz CT molecular complexity index is 921. The molecule has 1 heterocycles. The summed E-state index contributed by atoms with van der Waals surface area (Å²) < 4.78 is 10.7. The largest absolute Gasteiger partial charge is 0.516 e. The number of rotatable bonds is 6. The van der Waals surface area contributed by atoms with Crippen LogP contribution in [0.2, 0.25) is 0 Å². The molecule has 0 saturated carbocycles. The maximum Gasteiger partial charge on any atom is 0.180 e. The second-order valence-corrected chi connectivity index (χ2v) is 7.94. The number of Topliss-reactive ketones (excluding diaryl/α,β-unsaturated/α-hetero) is 1. The van der Waals surface area contributed by atoms with Gasteiger partial charge in [0.25, 0.3) is 0 Å². The molecule has 1 atom stereocenters. The fourth-order valence-electron chi connectivity index (χ4n) is 4.06. The predicted molar refractivity (Wildman–Crippen MR) is 124 cm³/mol. The number of piperazine rings is 1. The number of benzene rings is 1. The molecular weight excluding hydrogens is 392 g/mol. The minimum Gasteiger partial charge on any atom is -0.516 e. The highest BCUT2D eigenvalue weighted by Gasteiger charge is 2.31. The standard InChI is InChI=1S/C25H32N2O4/c1-18(19-8-9-23(30-3)24(17-19)31-4)16-20(10-15-28)21-6-5-7-22(25(21)29)27-13-11-26(2)12-14-27/h5-6,8-10,15-17,22,28H,7,11-14H2,1-4H3/b15-10?,18-16+,21-20?. The van der Waals surface area contributed by atoms with E-state index in [2.05, 4.69) is 22.9 Å². The van der Waals surface area contributed by atoms with Crippen LogP contribution in [-0.4, -0.2) is 74.2 Å². The molecule has 2 aliphatic rings. The third-order valence-electron chi connectivity index (χ3n) is 5.97. The molecular formula is C25H32N2O4. The van der Waals surface area contributed by atoms with Crippen molar-refractivity contribution in [1.29, 1.82) is 0 Å². The minimum atomic E-state index is -0.148. The van der Waals surface area contributed by atoms with Crippen LogP contribution in [0.4, 0.5) is 0 Å². The van der Waals surface area contributed by atoms with Crippen LogP contribution < -0.4 is 9.47 Å². The van der Waals surface area contributed by atoms with Gasteiger partial charge in [-0.15, -0.1) is 0 Å². The van der Waals surface area contributed by atoms with Gasteiger partial charge < -0.3 is 19.5 Å². The van der Waals surface area contributed by atoms with Gasteiger partial charge in [0.1, 0.15) is 0 Å². The molecule has 1 aromatic rings. The lowest BCUT2D eigenvalue weighted by atomic mass is 9.89. The molecule has 0 bridgehead atoms. The average molecular weight is 425 g/mol. The summed E-state index contributed by atoms with van der Waals surface area (Å²) in [6.07, 6.45) is 9.15. The van der Waals surface area contributed by atoms with Gasteiger partial charge in [0.05, 0.1) is 26.5 Å². The first-order valence-corrected chi connectivity index (χ1v) is 10.6. The fourth-order valence-corrected chi connectivity index (χ4v) is 4.06. The Morgan fingerprint density at radius 3 is 2.48 bits per heavy atom. The van der Waals surface area contributed by atoms with Crippen LogP contribution in [0, 0.1) is 0 Å². The first kappa shape index (κ1) is 22.8. The molecule has 166 valence electrons. The molecule has 1 N–H and O–H groups in total. The summed E-state index contributed by atoms with van der Waals surface area (Å²) in [7, 11) is 5.32. The second-order valence-electron chi connectivity index (χ2n) is 7.94. The van der Waals surface area contributed by atoms with Gasteiger partial charge in [-0.1, -0.05) is 24.3 Å². The second kappa shape index (κ2) is 10.5. The van der Waals surface area contributed by atoms with E-state index >= 15 is 0 Å². The monoisotopic (exact) mass is 424 g/mol. The molecule has 1 aliphatic heterocycles. The zero-order valence-electron chi connectivity index (χ0n) is 18.8. The quantitative estimate of drug-likeness (QED) is 0.556. The molecule has 3 rings (SSSR count). The van der Waals surface area contributed by atoms with E-state index < -0.39 is 0 Å². The minimum absolute atomic E-state index is 0.108. The number of likely N-dealkylation sites (N-methyl/N-ethyl adjacent to an activating group) is 1. The molecule has 0 spiro atoms. The summed E-state index contributed by atoms with van der Waals surface area (Å²) in [5, 5.41) is 9.50. The first-order valence-electron chi connectivity index (χ1n) is 10.6. The van der Waals surface area contributed by atoms with Crippen LogP contribution in [0.15, 0.2) is 59.9 Å². The highest BCUT2D eigenvalue weighted by Crippen LogP contribution is 2.31. The summed E-state index contributed by atoms with van der Waals surface area (Å²) in [5.41, 5.74) is 3.21. The molecule has 1 aromatic carbocycles. The van der Waals surface area contributed by atoms with Crippen molar-refractivity contribution in [2.75, 3.05) is 47.4 Å². The van der Waals surface area contributed by atoms with E-state index in [4.69, 9.17) is 9.47 Å². The van der Waals surface area contributed by atoms with Gasteiger partial charge in [-0.2, -0.15) is 0 Å². The van der Waals surface area contributed by atoms with Crippen LogP contribution in [0.5, 0.6) is 11.5 Å². The summed E-state index contributed by atoms with van der Waals surface area (Å²) >= 11 is 0. The molecule has 0 aromatic heterocycles. The predicted octanol–water partition coefficient (Wildman–Crippen LogP) is 3.62. The Labute approximate surface area is 184 Å². The number of hydrogen-bond acceptors (Lipinski definition) is 6. The zero-order chi connectivity index (χ0) is 22.4. The molecule has 1 saturated heterocycles. The van der Waals surface area contributed by atoms with Crippen LogP contribution in [0.25, 0.3) is 5.57 Å². The van der Waals surface area contributed by atoms with Crippen molar-refractivity contribution in [3.05, 3.63) is 65.5 Å². The molecule has 1 unspecified atom stereocenters. The normalized spacial score (nSPS) is 22.8. The Balaban J connectivity index is 1.93. The smallest absolute Gasteiger partial charge is 0.180 e. The number of carbonyl (C=O) groups excluding carboxylic acids is 1. The van der Waals surface area contributed by atoms with E-state index in [9.17, 15) is 9.90 Å². The average Bonchev–Trinajstić information content (AvgIpc) is 2.79. The van der Waals surface area contributed by atoms with E-state index in [1.807, 2.05) is 37.3 Å². The molecule has 0 amide bonds. The van der Waals surface area contributed by atoms with Gasteiger partial charge in [0.15, 0.2) is 17.3 Å². The van der Waals surface area contributed by atoms with E-state index in [-0.39, 0.29) is 11.8 Å². The van der Waals surface area contributed by atoms with Gasteiger partial charge in [0.2, 0.25) is 0 Å². The highest BCUT2D eigenvalue weighted by molar-refractivity contribution is 6.04. The van der Waals surface area contributed by atoms with E-state index in [1.54, 1.807) is 20.3 Å². The van der Waals surface area contributed by atoms with Crippen LogP contribution in [0.3, 0.4) is 0 Å². The number of ether oxygens (including phenoxy) is 2. The lowest BCUT2D eigenvalue weighted by Crippen LogP contribution is -2.52. The Morgan fingerprint density at radius 1 is 1.13 bits per heavy atom. The van der Waals surface area contributed by atoms with Crippen molar-refractivity contribution in [3.8, 4) is 11.5 Å². The number of aliphatic hydroxyl groups excluding tert-OH is 1.